The Balaban J connectivity index is 0.917. The van der Waals surface area contributed by atoms with Crippen LogP contribution < -0.4 is 4.90 Å². The summed E-state index contributed by atoms with van der Waals surface area (Å²) >= 11 is 0. The molecule has 11 rings (SSSR count). The van der Waals surface area contributed by atoms with E-state index in [2.05, 4.69) is 273 Å². The van der Waals surface area contributed by atoms with Crippen molar-refractivity contribution in [2.75, 3.05) is 4.90 Å². The highest BCUT2D eigenvalue weighted by molar-refractivity contribution is 5.95. The standard InChI is InChI=1S/C68H49N/c1-3-13-48(4-2)60-26-22-54-24-28-62(46-64(54)44-60)63-29-25-55-23-27-61(45-65(55)47-63)53-34-40-68(41-35-53)69(66-36-30-51(31-37-66)58-20-11-18-56(42-58)49-14-7-5-8-15-49)67-38-32-52(33-39-67)59-21-12-19-57(43-59)50-16-9-6-10-17-50/h3-47H,1-2H2/b48-13+. The van der Waals surface area contributed by atoms with Gasteiger partial charge in [0, 0.05) is 17.1 Å². The van der Waals surface area contributed by atoms with Gasteiger partial charge in [-0.25, -0.2) is 0 Å². The first-order chi connectivity index (χ1) is 34.1. The second kappa shape index (κ2) is 19.1. The zero-order chi connectivity index (χ0) is 46.5. The number of allylic oxidation sites excluding steroid dienone is 4. The van der Waals surface area contributed by atoms with Gasteiger partial charge in [0.15, 0.2) is 0 Å². The number of anilines is 3. The molecule has 0 atom stereocenters. The van der Waals surface area contributed by atoms with Gasteiger partial charge in [-0.15, -0.1) is 0 Å². The van der Waals surface area contributed by atoms with E-state index >= 15 is 0 Å². The lowest BCUT2D eigenvalue weighted by molar-refractivity contribution is 1.28. The summed E-state index contributed by atoms with van der Waals surface area (Å²) in [7, 11) is 0. The molecule has 326 valence electrons. The minimum absolute atomic E-state index is 1.06. The molecule has 0 radical (unpaired) electrons. The second-order valence-corrected chi connectivity index (χ2v) is 17.5. The van der Waals surface area contributed by atoms with Crippen LogP contribution in [-0.4, -0.2) is 0 Å². The lowest BCUT2D eigenvalue weighted by atomic mass is 9.95. The molecule has 1 nitrogen and oxygen atoms in total. The molecule has 0 unspecified atom stereocenters. The van der Waals surface area contributed by atoms with Gasteiger partial charge in [0.25, 0.3) is 0 Å². The highest BCUT2D eigenvalue weighted by atomic mass is 15.1. The van der Waals surface area contributed by atoms with Crippen molar-refractivity contribution in [2.45, 2.75) is 0 Å². The Hall–Kier alpha value is -9.04. The van der Waals surface area contributed by atoms with Crippen molar-refractivity contribution < 1.29 is 0 Å². The van der Waals surface area contributed by atoms with E-state index < -0.39 is 0 Å². The third kappa shape index (κ3) is 8.98. The van der Waals surface area contributed by atoms with Gasteiger partial charge in [0.2, 0.25) is 0 Å². The second-order valence-electron chi connectivity index (χ2n) is 17.5. The molecule has 0 fully saturated rings. The Labute approximate surface area is 405 Å². The molecule has 0 heterocycles. The van der Waals surface area contributed by atoms with Crippen LogP contribution in [0.1, 0.15) is 5.56 Å². The Bertz CT molecular complexity index is 3530. The first kappa shape index (κ1) is 42.6. The summed E-state index contributed by atoms with van der Waals surface area (Å²) in [6, 6.07) is 92.5. The van der Waals surface area contributed by atoms with E-state index in [-0.39, 0.29) is 0 Å². The first-order valence-corrected chi connectivity index (χ1v) is 23.5. The predicted molar refractivity (Wildman–Crippen MR) is 297 cm³/mol. The van der Waals surface area contributed by atoms with Crippen LogP contribution in [-0.2, 0) is 0 Å². The molecule has 0 bridgehead atoms. The highest BCUT2D eigenvalue weighted by Crippen LogP contribution is 2.39. The van der Waals surface area contributed by atoms with Crippen LogP contribution in [0.3, 0.4) is 0 Å². The van der Waals surface area contributed by atoms with Gasteiger partial charge in [-0.3, -0.25) is 0 Å². The molecule has 0 aliphatic heterocycles. The molecule has 11 aromatic rings. The molecule has 69 heavy (non-hydrogen) atoms. The molecular formula is C68H49N. The van der Waals surface area contributed by atoms with Crippen molar-refractivity contribution >= 4 is 44.2 Å². The maximum absolute atomic E-state index is 4.02. The van der Waals surface area contributed by atoms with Crippen LogP contribution in [0.2, 0.25) is 0 Å². The van der Waals surface area contributed by atoms with E-state index in [1.165, 1.54) is 82.7 Å². The maximum atomic E-state index is 4.02. The van der Waals surface area contributed by atoms with Gasteiger partial charge in [-0.05, 0) is 172 Å². The fraction of sp³-hybridized carbons (Fsp3) is 0. The molecule has 0 aliphatic carbocycles. The predicted octanol–water partition coefficient (Wildman–Crippen LogP) is 19.2. The number of nitrogens with zero attached hydrogens (tertiary/aromatic N) is 1. The van der Waals surface area contributed by atoms with Gasteiger partial charge in [0.05, 0.1) is 0 Å². The number of fused-ring (bicyclic) bond motifs is 2. The number of hydrogen-bond donors (Lipinski definition) is 0. The first-order valence-electron chi connectivity index (χ1n) is 23.5. The van der Waals surface area contributed by atoms with Gasteiger partial charge in [-0.2, -0.15) is 0 Å². The largest absolute Gasteiger partial charge is 0.311 e. The van der Waals surface area contributed by atoms with Gasteiger partial charge >= 0.3 is 0 Å². The summed E-state index contributed by atoms with van der Waals surface area (Å²) < 4.78 is 0. The van der Waals surface area contributed by atoms with E-state index in [1.54, 1.807) is 0 Å². The average Bonchev–Trinajstić information content (AvgIpc) is 3.43. The van der Waals surface area contributed by atoms with Crippen LogP contribution in [0.25, 0.3) is 93.9 Å². The Morgan fingerprint density at radius 2 is 0.594 bits per heavy atom. The van der Waals surface area contributed by atoms with Crippen molar-refractivity contribution in [2.24, 2.45) is 0 Å². The zero-order valence-electron chi connectivity index (χ0n) is 38.3. The minimum Gasteiger partial charge on any atom is -0.311 e. The molecule has 0 saturated heterocycles. The van der Waals surface area contributed by atoms with E-state index in [0.717, 1.165) is 33.8 Å². The van der Waals surface area contributed by atoms with Crippen LogP contribution in [0.5, 0.6) is 0 Å². The Morgan fingerprint density at radius 1 is 0.275 bits per heavy atom. The Morgan fingerprint density at radius 3 is 0.986 bits per heavy atom. The van der Waals surface area contributed by atoms with Gasteiger partial charge in [0.1, 0.15) is 0 Å². The summed E-state index contributed by atoms with van der Waals surface area (Å²) in [6.07, 6.45) is 5.69. The third-order valence-electron chi connectivity index (χ3n) is 13.2. The fourth-order valence-corrected chi connectivity index (χ4v) is 9.49. The lowest BCUT2D eigenvalue weighted by Gasteiger charge is -2.26. The smallest absolute Gasteiger partial charge is 0.0462 e. The van der Waals surface area contributed by atoms with E-state index in [9.17, 15) is 0 Å². The van der Waals surface area contributed by atoms with Crippen LogP contribution in [0.4, 0.5) is 17.1 Å². The summed E-state index contributed by atoms with van der Waals surface area (Å²) in [6.45, 7) is 7.90. The van der Waals surface area contributed by atoms with Crippen molar-refractivity contribution in [3.05, 3.63) is 292 Å². The van der Waals surface area contributed by atoms with Gasteiger partial charge < -0.3 is 4.90 Å². The van der Waals surface area contributed by atoms with Crippen LogP contribution >= 0.6 is 0 Å². The molecule has 0 aromatic heterocycles. The Kier molecular flexibility index (Phi) is 11.8. The average molecular weight is 880 g/mol. The van der Waals surface area contributed by atoms with Crippen molar-refractivity contribution in [1.82, 2.24) is 0 Å². The summed E-state index contributed by atoms with van der Waals surface area (Å²) in [4.78, 5) is 2.35. The molecule has 0 spiro atoms. The van der Waals surface area contributed by atoms with Crippen LogP contribution in [0, 0.1) is 0 Å². The normalized spacial score (nSPS) is 11.4. The molecule has 11 aromatic carbocycles. The molecule has 1 heteroatoms. The monoisotopic (exact) mass is 879 g/mol. The topological polar surface area (TPSA) is 3.24 Å². The number of hydrogen-bond acceptors (Lipinski definition) is 1. The summed E-state index contributed by atoms with van der Waals surface area (Å²) in [5, 5.41) is 4.82. The quantitative estimate of drug-likeness (QED) is 0.111. The van der Waals surface area contributed by atoms with Crippen molar-refractivity contribution in [3.8, 4) is 66.8 Å². The molecule has 0 aliphatic rings. The van der Waals surface area contributed by atoms with E-state index in [1.807, 2.05) is 18.2 Å². The lowest BCUT2D eigenvalue weighted by Crippen LogP contribution is -2.09. The molecule has 0 amide bonds. The van der Waals surface area contributed by atoms with E-state index in [0.29, 0.717) is 0 Å². The molecule has 0 N–H and O–H groups in total. The van der Waals surface area contributed by atoms with Crippen LogP contribution in [0.15, 0.2) is 286 Å². The number of benzene rings is 11. The van der Waals surface area contributed by atoms with Crippen molar-refractivity contribution in [1.29, 1.82) is 0 Å². The number of rotatable bonds is 12. The maximum Gasteiger partial charge on any atom is 0.0462 e. The highest BCUT2D eigenvalue weighted by Gasteiger charge is 2.15. The van der Waals surface area contributed by atoms with Gasteiger partial charge in [-0.1, -0.05) is 213 Å². The van der Waals surface area contributed by atoms with Crippen molar-refractivity contribution in [3.63, 3.8) is 0 Å². The molecule has 0 saturated carbocycles. The molecular weight excluding hydrogens is 831 g/mol. The summed E-state index contributed by atoms with van der Waals surface area (Å²) in [5.74, 6) is 0. The third-order valence-corrected chi connectivity index (χ3v) is 13.2. The minimum atomic E-state index is 1.06. The SMILES string of the molecule is C=C/C=C(\C=C)c1ccc2ccc(-c3ccc4ccc(-c5ccc(N(c6ccc(-c7cccc(-c8ccccc8)c7)cc6)c6ccc(-c7cccc(-c8ccccc8)c7)cc6)cc5)cc4c3)cc2c1. The van der Waals surface area contributed by atoms with E-state index in [4.69, 9.17) is 0 Å². The zero-order valence-corrected chi connectivity index (χ0v) is 38.3. The fourth-order valence-electron chi connectivity index (χ4n) is 9.49. The summed E-state index contributed by atoms with van der Waals surface area (Å²) in [5.41, 5.74) is 19.7.